The molecular weight excluding hydrogens is 356 g/mol. The van der Waals surface area contributed by atoms with Crippen molar-refractivity contribution in [2.24, 2.45) is 7.05 Å². The summed E-state index contributed by atoms with van der Waals surface area (Å²) in [6.07, 6.45) is -3.63. The molecule has 1 aromatic carbocycles. The fourth-order valence-electron chi connectivity index (χ4n) is 3.05. The molecule has 3 N–H and O–H groups in total. The molecule has 2 heterocycles. The molecule has 1 saturated heterocycles. The summed E-state index contributed by atoms with van der Waals surface area (Å²) >= 11 is 0. The highest BCUT2D eigenvalue weighted by atomic mass is 16.6. The Hall–Kier alpha value is -2.30. The van der Waals surface area contributed by atoms with Gasteiger partial charge in [0.15, 0.2) is 0 Å². The van der Waals surface area contributed by atoms with Crippen molar-refractivity contribution in [2.45, 2.75) is 37.8 Å². The van der Waals surface area contributed by atoms with Gasteiger partial charge in [0.05, 0.1) is 18.8 Å². The number of hydrogen-bond acceptors (Lipinski definition) is 7. The monoisotopic (exact) mass is 378 g/mol. The highest BCUT2D eigenvalue weighted by Gasteiger charge is 2.44. The van der Waals surface area contributed by atoms with Crippen molar-refractivity contribution in [1.82, 2.24) is 9.13 Å². The molecule has 0 radical (unpaired) electrons. The predicted octanol–water partition coefficient (Wildman–Crippen LogP) is -1.12. The van der Waals surface area contributed by atoms with E-state index in [4.69, 9.17) is 9.47 Å². The van der Waals surface area contributed by atoms with Crippen LogP contribution in [-0.4, -0.2) is 49.4 Å². The zero-order valence-corrected chi connectivity index (χ0v) is 14.8. The third-order valence-corrected chi connectivity index (χ3v) is 4.54. The van der Waals surface area contributed by atoms with E-state index in [0.717, 1.165) is 10.1 Å². The summed E-state index contributed by atoms with van der Waals surface area (Å²) in [5.74, 6) is 0. The van der Waals surface area contributed by atoms with Gasteiger partial charge in [0, 0.05) is 13.2 Å². The summed E-state index contributed by atoms with van der Waals surface area (Å²) in [4.78, 5) is 25.1. The zero-order chi connectivity index (χ0) is 19.6. The van der Waals surface area contributed by atoms with Crippen molar-refractivity contribution in [3.63, 3.8) is 0 Å². The van der Waals surface area contributed by atoms with Crippen LogP contribution in [0.3, 0.4) is 0 Å². The van der Waals surface area contributed by atoms with E-state index >= 15 is 0 Å². The molecule has 146 valence electrons. The summed E-state index contributed by atoms with van der Waals surface area (Å²) in [5.41, 5.74) is -0.366. The van der Waals surface area contributed by atoms with Crippen LogP contribution in [0.1, 0.15) is 17.2 Å². The molecule has 0 spiro atoms. The maximum absolute atomic E-state index is 12.8. The van der Waals surface area contributed by atoms with Gasteiger partial charge in [-0.1, -0.05) is 30.3 Å². The Morgan fingerprint density at radius 1 is 1.15 bits per heavy atom. The standard InChI is InChI=1S/C18H22N2O7/c1-19-7-12(16-15(23)14(22)13(8-21)27-16)17(24)20(18(19)25)10-26-9-11-5-3-2-4-6-11/h2-7,13-16,21-23H,8-10H2,1H3/t13-,14-,15-,16+/m1/s1. The molecule has 1 aromatic heterocycles. The molecule has 0 aliphatic carbocycles. The molecule has 1 aliphatic rings. The zero-order valence-electron chi connectivity index (χ0n) is 14.8. The Morgan fingerprint density at radius 3 is 2.48 bits per heavy atom. The van der Waals surface area contributed by atoms with E-state index in [-0.39, 0.29) is 18.9 Å². The molecular formula is C18H22N2O7. The lowest BCUT2D eigenvalue weighted by molar-refractivity contribution is -0.0238. The van der Waals surface area contributed by atoms with Gasteiger partial charge >= 0.3 is 5.69 Å². The predicted molar refractivity (Wildman–Crippen MR) is 93.9 cm³/mol. The molecule has 4 atom stereocenters. The molecule has 9 heteroatoms. The lowest BCUT2D eigenvalue weighted by atomic mass is 10.0. The first-order chi connectivity index (χ1) is 12.9. The first-order valence-electron chi connectivity index (χ1n) is 8.48. The average Bonchev–Trinajstić information content (AvgIpc) is 2.96. The van der Waals surface area contributed by atoms with Crippen LogP contribution in [0.4, 0.5) is 0 Å². The number of hydrogen-bond donors (Lipinski definition) is 3. The number of aromatic nitrogens is 2. The van der Waals surface area contributed by atoms with Crippen molar-refractivity contribution in [3.8, 4) is 0 Å². The lowest BCUT2D eigenvalue weighted by Crippen LogP contribution is -2.42. The second-order valence-corrected chi connectivity index (χ2v) is 6.43. The highest BCUT2D eigenvalue weighted by Crippen LogP contribution is 2.31. The Morgan fingerprint density at radius 2 is 1.85 bits per heavy atom. The SMILES string of the molecule is Cn1cc([C@@H]2O[C@H](CO)[C@@H](O)[C@H]2O)c(=O)n(COCc2ccccc2)c1=O. The molecule has 1 aliphatic heterocycles. The van der Waals surface area contributed by atoms with Crippen molar-refractivity contribution >= 4 is 0 Å². The van der Waals surface area contributed by atoms with Gasteiger partial charge < -0.3 is 29.4 Å². The van der Waals surface area contributed by atoms with Crippen molar-refractivity contribution in [3.05, 3.63) is 68.5 Å². The van der Waals surface area contributed by atoms with Crippen molar-refractivity contribution < 1.29 is 24.8 Å². The quantitative estimate of drug-likeness (QED) is 0.581. The van der Waals surface area contributed by atoms with E-state index in [2.05, 4.69) is 0 Å². The minimum absolute atomic E-state index is 0.00270. The number of nitrogens with zero attached hydrogens (tertiary/aromatic N) is 2. The summed E-state index contributed by atoms with van der Waals surface area (Å²) in [6.45, 7) is -0.563. The Balaban J connectivity index is 1.85. The molecule has 1 fully saturated rings. The minimum Gasteiger partial charge on any atom is -0.394 e. The molecule has 0 bridgehead atoms. The van der Waals surface area contributed by atoms with Crippen LogP contribution in [0.2, 0.25) is 0 Å². The van der Waals surface area contributed by atoms with E-state index in [1.807, 2.05) is 30.3 Å². The van der Waals surface area contributed by atoms with Gasteiger partial charge in [-0.15, -0.1) is 0 Å². The minimum atomic E-state index is -1.40. The molecule has 9 nitrogen and oxygen atoms in total. The number of benzene rings is 1. The third-order valence-electron chi connectivity index (χ3n) is 4.54. The lowest BCUT2D eigenvalue weighted by Gasteiger charge is -2.17. The Kier molecular flexibility index (Phi) is 5.88. The van der Waals surface area contributed by atoms with Gasteiger partial charge in [-0.05, 0) is 5.56 Å². The number of aryl methyl sites for hydroxylation is 1. The van der Waals surface area contributed by atoms with Gasteiger partial charge in [0.25, 0.3) is 5.56 Å². The fraction of sp³-hybridized carbons (Fsp3) is 0.444. The van der Waals surface area contributed by atoms with Gasteiger partial charge in [0.1, 0.15) is 31.1 Å². The van der Waals surface area contributed by atoms with Crippen LogP contribution in [0, 0.1) is 0 Å². The van der Waals surface area contributed by atoms with Crippen LogP contribution in [0.25, 0.3) is 0 Å². The number of ether oxygens (including phenoxy) is 2. The van der Waals surface area contributed by atoms with Gasteiger partial charge in [-0.2, -0.15) is 0 Å². The topological polar surface area (TPSA) is 123 Å². The number of rotatable bonds is 6. The average molecular weight is 378 g/mol. The van der Waals surface area contributed by atoms with E-state index in [0.29, 0.717) is 0 Å². The summed E-state index contributed by atoms with van der Waals surface area (Å²) < 4.78 is 13.0. The first kappa shape index (κ1) is 19.5. The van der Waals surface area contributed by atoms with Gasteiger partial charge in [-0.25, -0.2) is 9.36 Å². The Labute approximate surface area is 154 Å². The maximum atomic E-state index is 12.8. The van der Waals surface area contributed by atoms with Crippen molar-refractivity contribution in [1.29, 1.82) is 0 Å². The summed E-state index contributed by atoms with van der Waals surface area (Å²) in [7, 11) is 1.46. The van der Waals surface area contributed by atoms with E-state index < -0.39 is 42.3 Å². The molecule has 0 saturated carbocycles. The normalized spacial score (nSPS) is 25.0. The highest BCUT2D eigenvalue weighted by molar-refractivity contribution is 5.15. The molecule has 0 unspecified atom stereocenters. The van der Waals surface area contributed by atoms with Gasteiger partial charge in [0.2, 0.25) is 0 Å². The van der Waals surface area contributed by atoms with E-state index in [1.165, 1.54) is 17.8 Å². The van der Waals surface area contributed by atoms with E-state index in [9.17, 15) is 24.9 Å². The largest absolute Gasteiger partial charge is 0.394 e. The Bertz CT molecular complexity index is 893. The smallest absolute Gasteiger partial charge is 0.332 e. The van der Waals surface area contributed by atoms with Crippen LogP contribution in [0.15, 0.2) is 46.1 Å². The number of aliphatic hydroxyl groups is 3. The van der Waals surface area contributed by atoms with Crippen LogP contribution in [-0.2, 0) is 29.9 Å². The third kappa shape index (κ3) is 3.87. The summed E-state index contributed by atoms with van der Waals surface area (Å²) in [6, 6.07) is 9.29. The van der Waals surface area contributed by atoms with E-state index in [1.54, 1.807) is 0 Å². The van der Waals surface area contributed by atoms with Crippen molar-refractivity contribution in [2.75, 3.05) is 6.61 Å². The first-order valence-corrected chi connectivity index (χ1v) is 8.48. The van der Waals surface area contributed by atoms with Crippen LogP contribution in [0.5, 0.6) is 0 Å². The maximum Gasteiger partial charge on any atom is 0.332 e. The van der Waals surface area contributed by atoms with Gasteiger partial charge in [-0.3, -0.25) is 4.79 Å². The summed E-state index contributed by atoms with van der Waals surface area (Å²) in [5, 5.41) is 29.3. The number of aliphatic hydroxyl groups excluding tert-OH is 3. The molecule has 27 heavy (non-hydrogen) atoms. The molecule has 0 amide bonds. The fourth-order valence-corrected chi connectivity index (χ4v) is 3.05. The van der Waals surface area contributed by atoms with Crippen LogP contribution < -0.4 is 11.2 Å². The van der Waals surface area contributed by atoms with Crippen LogP contribution >= 0.6 is 0 Å². The molecule has 2 aromatic rings. The second-order valence-electron chi connectivity index (χ2n) is 6.43. The second kappa shape index (κ2) is 8.15. The molecule has 3 rings (SSSR count).